The van der Waals surface area contributed by atoms with Gasteiger partial charge in [0.15, 0.2) is 0 Å². The SMILES string of the molecule is O=C(c1cc(N2CCOCC2)ccn1)N1CCC[C@@H]1c1ccsc1. The molecule has 4 rings (SSSR count). The summed E-state index contributed by atoms with van der Waals surface area (Å²) in [4.78, 5) is 21.6. The predicted octanol–water partition coefficient (Wildman–Crippen LogP) is 2.96. The first-order valence-corrected chi connectivity index (χ1v) is 9.39. The summed E-state index contributed by atoms with van der Waals surface area (Å²) in [6, 6.07) is 6.22. The van der Waals surface area contributed by atoms with Crippen LogP contribution in [0.5, 0.6) is 0 Å². The van der Waals surface area contributed by atoms with E-state index in [1.807, 2.05) is 17.0 Å². The molecule has 1 atom stereocenters. The molecule has 126 valence electrons. The first-order valence-electron chi connectivity index (χ1n) is 8.45. The van der Waals surface area contributed by atoms with Crippen molar-refractivity contribution in [3.05, 3.63) is 46.4 Å². The molecule has 2 aromatic heterocycles. The maximum Gasteiger partial charge on any atom is 0.273 e. The van der Waals surface area contributed by atoms with Crippen molar-refractivity contribution in [2.24, 2.45) is 0 Å². The van der Waals surface area contributed by atoms with Crippen molar-refractivity contribution in [3.63, 3.8) is 0 Å². The summed E-state index contributed by atoms with van der Waals surface area (Å²) in [7, 11) is 0. The van der Waals surface area contributed by atoms with Crippen LogP contribution in [0.4, 0.5) is 5.69 Å². The van der Waals surface area contributed by atoms with Crippen LogP contribution < -0.4 is 4.90 Å². The monoisotopic (exact) mass is 343 g/mol. The van der Waals surface area contributed by atoms with E-state index in [-0.39, 0.29) is 11.9 Å². The largest absolute Gasteiger partial charge is 0.378 e. The van der Waals surface area contributed by atoms with Gasteiger partial charge in [-0.3, -0.25) is 9.78 Å². The zero-order chi connectivity index (χ0) is 16.4. The molecule has 5 nitrogen and oxygen atoms in total. The highest BCUT2D eigenvalue weighted by Gasteiger charge is 2.31. The average Bonchev–Trinajstić information content (AvgIpc) is 3.33. The second kappa shape index (κ2) is 6.91. The molecule has 2 aliphatic rings. The molecule has 0 aliphatic carbocycles. The molecule has 2 saturated heterocycles. The maximum atomic E-state index is 13.0. The highest BCUT2D eigenvalue weighted by Crippen LogP contribution is 2.34. The lowest BCUT2D eigenvalue weighted by Gasteiger charge is -2.29. The smallest absolute Gasteiger partial charge is 0.273 e. The van der Waals surface area contributed by atoms with E-state index in [9.17, 15) is 4.79 Å². The number of hydrogen-bond acceptors (Lipinski definition) is 5. The fourth-order valence-electron chi connectivity index (χ4n) is 3.52. The van der Waals surface area contributed by atoms with Crippen molar-refractivity contribution in [2.75, 3.05) is 37.7 Å². The molecule has 0 radical (unpaired) electrons. The number of nitrogens with zero attached hydrogens (tertiary/aromatic N) is 3. The molecule has 2 aliphatic heterocycles. The summed E-state index contributed by atoms with van der Waals surface area (Å²) in [5, 5.41) is 4.22. The lowest BCUT2D eigenvalue weighted by Crippen LogP contribution is -2.36. The molecule has 24 heavy (non-hydrogen) atoms. The van der Waals surface area contributed by atoms with E-state index in [0.29, 0.717) is 5.69 Å². The molecule has 0 spiro atoms. The Labute approximate surface area is 145 Å². The van der Waals surface area contributed by atoms with Crippen molar-refractivity contribution >= 4 is 22.9 Å². The van der Waals surface area contributed by atoms with Crippen LogP contribution in [0.3, 0.4) is 0 Å². The Balaban J connectivity index is 1.55. The number of thiophene rings is 1. The molecule has 0 bridgehead atoms. The van der Waals surface area contributed by atoms with Crippen LogP contribution in [0, 0.1) is 0 Å². The zero-order valence-electron chi connectivity index (χ0n) is 13.6. The Morgan fingerprint density at radius 2 is 2.12 bits per heavy atom. The van der Waals surface area contributed by atoms with E-state index in [2.05, 4.69) is 26.7 Å². The summed E-state index contributed by atoms with van der Waals surface area (Å²) in [5.41, 5.74) is 2.85. The van der Waals surface area contributed by atoms with Gasteiger partial charge in [0.05, 0.1) is 19.3 Å². The number of hydrogen-bond donors (Lipinski definition) is 0. The van der Waals surface area contributed by atoms with Crippen LogP contribution in [-0.4, -0.2) is 48.6 Å². The van der Waals surface area contributed by atoms with E-state index in [1.54, 1.807) is 17.5 Å². The van der Waals surface area contributed by atoms with Crippen molar-refractivity contribution in [1.82, 2.24) is 9.88 Å². The third-order valence-corrected chi connectivity index (χ3v) is 5.48. The number of amides is 1. The van der Waals surface area contributed by atoms with Gasteiger partial charge in [0.1, 0.15) is 5.69 Å². The molecular weight excluding hydrogens is 322 g/mol. The standard InChI is InChI=1S/C18H21N3O2S/c22-18(21-6-1-2-17(21)14-4-11-24-13-14)16-12-15(3-5-19-16)20-7-9-23-10-8-20/h3-5,11-13,17H,1-2,6-10H2/t17-/m1/s1. The molecule has 0 saturated carbocycles. The highest BCUT2D eigenvalue weighted by atomic mass is 32.1. The van der Waals surface area contributed by atoms with Gasteiger partial charge in [0.2, 0.25) is 0 Å². The first kappa shape index (κ1) is 15.6. The number of anilines is 1. The van der Waals surface area contributed by atoms with Crippen LogP contribution in [0.2, 0.25) is 0 Å². The van der Waals surface area contributed by atoms with Crippen molar-refractivity contribution in [2.45, 2.75) is 18.9 Å². The highest BCUT2D eigenvalue weighted by molar-refractivity contribution is 7.08. The minimum Gasteiger partial charge on any atom is -0.378 e. The fraction of sp³-hybridized carbons (Fsp3) is 0.444. The summed E-state index contributed by atoms with van der Waals surface area (Å²) in [6.45, 7) is 4.00. The summed E-state index contributed by atoms with van der Waals surface area (Å²) in [5.74, 6) is 0.0406. The molecule has 0 aromatic carbocycles. The lowest BCUT2D eigenvalue weighted by molar-refractivity contribution is 0.0730. The fourth-order valence-corrected chi connectivity index (χ4v) is 4.23. The van der Waals surface area contributed by atoms with Crippen molar-refractivity contribution < 1.29 is 9.53 Å². The summed E-state index contributed by atoms with van der Waals surface area (Å²) < 4.78 is 5.40. The first-order chi connectivity index (χ1) is 11.8. The van der Waals surface area contributed by atoms with Crippen molar-refractivity contribution in [1.29, 1.82) is 0 Å². The van der Waals surface area contributed by atoms with Gasteiger partial charge in [0.25, 0.3) is 5.91 Å². The third-order valence-electron chi connectivity index (χ3n) is 4.78. The van der Waals surface area contributed by atoms with E-state index in [4.69, 9.17) is 4.74 Å². The summed E-state index contributed by atoms with van der Waals surface area (Å²) in [6.07, 6.45) is 3.83. The summed E-state index contributed by atoms with van der Waals surface area (Å²) >= 11 is 1.69. The molecule has 0 N–H and O–H groups in total. The zero-order valence-corrected chi connectivity index (χ0v) is 14.4. The van der Waals surface area contributed by atoms with Crippen LogP contribution in [0.1, 0.15) is 34.9 Å². The maximum absolute atomic E-state index is 13.0. The van der Waals surface area contributed by atoms with Gasteiger partial charge in [0, 0.05) is 31.5 Å². The number of likely N-dealkylation sites (tertiary alicyclic amines) is 1. The normalized spacial score (nSPS) is 21.2. The van der Waals surface area contributed by atoms with Gasteiger partial charge in [-0.25, -0.2) is 0 Å². The number of aromatic nitrogens is 1. The van der Waals surface area contributed by atoms with Gasteiger partial charge in [-0.05, 0) is 47.4 Å². The molecule has 4 heterocycles. The number of pyridine rings is 1. The van der Waals surface area contributed by atoms with Crippen LogP contribution >= 0.6 is 11.3 Å². The Bertz CT molecular complexity index is 698. The van der Waals surface area contributed by atoms with Crippen LogP contribution in [-0.2, 0) is 4.74 Å². The van der Waals surface area contributed by atoms with Gasteiger partial charge >= 0.3 is 0 Å². The van der Waals surface area contributed by atoms with Crippen LogP contribution in [0.15, 0.2) is 35.2 Å². The molecule has 6 heteroatoms. The number of carbonyl (C=O) groups excluding carboxylic acids is 1. The minimum absolute atomic E-state index is 0.0406. The molecule has 1 amide bonds. The predicted molar refractivity (Wildman–Crippen MR) is 94.6 cm³/mol. The number of rotatable bonds is 3. The average molecular weight is 343 g/mol. The van der Waals surface area contributed by atoms with Gasteiger partial charge in [-0.15, -0.1) is 0 Å². The Morgan fingerprint density at radius 3 is 2.92 bits per heavy atom. The number of morpholine rings is 1. The van der Waals surface area contributed by atoms with Crippen LogP contribution in [0.25, 0.3) is 0 Å². The van der Waals surface area contributed by atoms with Gasteiger partial charge < -0.3 is 14.5 Å². The quantitative estimate of drug-likeness (QED) is 0.860. The van der Waals surface area contributed by atoms with Gasteiger partial charge in [-0.1, -0.05) is 0 Å². The lowest BCUT2D eigenvalue weighted by atomic mass is 10.1. The van der Waals surface area contributed by atoms with E-state index < -0.39 is 0 Å². The number of ether oxygens (including phenoxy) is 1. The molecule has 2 aromatic rings. The second-order valence-electron chi connectivity index (χ2n) is 6.21. The Morgan fingerprint density at radius 1 is 1.25 bits per heavy atom. The Hall–Kier alpha value is -1.92. The molecular formula is C18H21N3O2S. The number of carbonyl (C=O) groups is 1. The third kappa shape index (κ3) is 3.03. The second-order valence-corrected chi connectivity index (χ2v) is 6.99. The molecule has 2 fully saturated rings. The van der Waals surface area contributed by atoms with Crippen molar-refractivity contribution in [3.8, 4) is 0 Å². The van der Waals surface area contributed by atoms with E-state index >= 15 is 0 Å². The Kier molecular flexibility index (Phi) is 4.49. The molecule has 0 unspecified atom stereocenters. The van der Waals surface area contributed by atoms with Gasteiger partial charge in [-0.2, -0.15) is 11.3 Å². The van der Waals surface area contributed by atoms with E-state index in [0.717, 1.165) is 51.4 Å². The van der Waals surface area contributed by atoms with E-state index in [1.165, 1.54) is 5.56 Å². The minimum atomic E-state index is 0.0406. The topological polar surface area (TPSA) is 45.7 Å².